The summed E-state index contributed by atoms with van der Waals surface area (Å²) in [6, 6.07) is 0.676. The van der Waals surface area contributed by atoms with Crippen LogP contribution in [0.2, 0.25) is 0 Å². The van der Waals surface area contributed by atoms with Crippen molar-refractivity contribution in [2.75, 3.05) is 26.2 Å². The van der Waals surface area contributed by atoms with Crippen molar-refractivity contribution >= 4 is 0 Å². The standard InChI is InChI=1S/C15H30N2O/c1-4-17(9-12(2)3)10-15(11-18,13-5-6-13)16-14-7-8-14/h12-14,16,18H,4-11H2,1-3H3. The van der Waals surface area contributed by atoms with E-state index in [1.165, 1.54) is 25.7 Å². The van der Waals surface area contributed by atoms with E-state index in [1.807, 2.05) is 0 Å². The number of nitrogens with one attached hydrogen (secondary N) is 1. The second-order valence-electron chi connectivity index (χ2n) is 6.73. The van der Waals surface area contributed by atoms with E-state index in [0.717, 1.165) is 19.6 Å². The molecule has 0 aromatic rings. The molecular formula is C15H30N2O. The van der Waals surface area contributed by atoms with Crippen LogP contribution in [0.5, 0.6) is 0 Å². The maximum absolute atomic E-state index is 9.95. The molecule has 0 aliphatic heterocycles. The molecule has 2 saturated carbocycles. The zero-order valence-corrected chi connectivity index (χ0v) is 12.3. The summed E-state index contributed by atoms with van der Waals surface area (Å²) in [5, 5.41) is 13.7. The summed E-state index contributed by atoms with van der Waals surface area (Å²) in [6.07, 6.45) is 5.18. The Morgan fingerprint density at radius 1 is 1.28 bits per heavy atom. The first kappa shape index (κ1) is 14.3. The lowest BCUT2D eigenvalue weighted by Gasteiger charge is -2.39. The molecule has 1 unspecified atom stereocenters. The van der Waals surface area contributed by atoms with Crippen LogP contribution in [0.25, 0.3) is 0 Å². The van der Waals surface area contributed by atoms with Crippen LogP contribution in [-0.2, 0) is 0 Å². The monoisotopic (exact) mass is 254 g/mol. The fourth-order valence-electron chi connectivity index (χ4n) is 3.01. The summed E-state index contributed by atoms with van der Waals surface area (Å²) < 4.78 is 0. The Morgan fingerprint density at radius 2 is 1.94 bits per heavy atom. The third-order valence-electron chi connectivity index (χ3n) is 4.29. The summed E-state index contributed by atoms with van der Waals surface area (Å²) in [4.78, 5) is 2.51. The van der Waals surface area contributed by atoms with Gasteiger partial charge in [0.2, 0.25) is 0 Å². The molecular weight excluding hydrogens is 224 g/mol. The number of rotatable bonds is 9. The molecule has 2 rings (SSSR count). The summed E-state index contributed by atoms with van der Waals surface area (Å²) in [5.74, 6) is 1.39. The van der Waals surface area contributed by atoms with Crippen LogP contribution in [0.15, 0.2) is 0 Å². The van der Waals surface area contributed by atoms with E-state index in [9.17, 15) is 5.11 Å². The van der Waals surface area contributed by atoms with E-state index in [4.69, 9.17) is 0 Å². The lowest BCUT2D eigenvalue weighted by Crippen LogP contribution is -2.59. The highest BCUT2D eigenvalue weighted by atomic mass is 16.3. The second-order valence-corrected chi connectivity index (χ2v) is 6.73. The Labute approximate surface area is 112 Å². The Morgan fingerprint density at radius 3 is 2.33 bits per heavy atom. The van der Waals surface area contributed by atoms with Crippen molar-refractivity contribution in [1.29, 1.82) is 0 Å². The smallest absolute Gasteiger partial charge is 0.0628 e. The lowest BCUT2D eigenvalue weighted by molar-refractivity contribution is 0.0858. The lowest BCUT2D eigenvalue weighted by atomic mass is 9.92. The minimum absolute atomic E-state index is 0.0218. The van der Waals surface area contributed by atoms with Crippen molar-refractivity contribution in [1.82, 2.24) is 10.2 Å². The van der Waals surface area contributed by atoms with Gasteiger partial charge in [0.05, 0.1) is 12.1 Å². The van der Waals surface area contributed by atoms with Crippen LogP contribution in [0.4, 0.5) is 0 Å². The quantitative estimate of drug-likeness (QED) is 0.659. The van der Waals surface area contributed by atoms with Crippen molar-refractivity contribution in [3.8, 4) is 0 Å². The number of hydrogen-bond acceptors (Lipinski definition) is 3. The minimum atomic E-state index is -0.0218. The molecule has 0 aromatic carbocycles. The first-order chi connectivity index (χ1) is 8.59. The number of aliphatic hydroxyl groups is 1. The van der Waals surface area contributed by atoms with Crippen LogP contribution in [0.1, 0.15) is 46.5 Å². The average molecular weight is 254 g/mol. The van der Waals surface area contributed by atoms with Gasteiger partial charge >= 0.3 is 0 Å². The van der Waals surface area contributed by atoms with E-state index in [2.05, 4.69) is 31.0 Å². The Hall–Kier alpha value is -0.120. The zero-order valence-electron chi connectivity index (χ0n) is 12.3. The third-order valence-corrected chi connectivity index (χ3v) is 4.29. The maximum atomic E-state index is 9.95. The molecule has 0 bridgehead atoms. The highest BCUT2D eigenvalue weighted by Crippen LogP contribution is 2.42. The van der Waals surface area contributed by atoms with Crippen LogP contribution < -0.4 is 5.32 Å². The minimum Gasteiger partial charge on any atom is -0.394 e. The normalized spacial score (nSPS) is 23.7. The highest BCUT2D eigenvalue weighted by molar-refractivity contribution is 5.06. The van der Waals surface area contributed by atoms with E-state index < -0.39 is 0 Å². The van der Waals surface area contributed by atoms with E-state index >= 15 is 0 Å². The van der Waals surface area contributed by atoms with Crippen LogP contribution in [0, 0.1) is 11.8 Å². The van der Waals surface area contributed by atoms with Gasteiger partial charge in [-0.3, -0.25) is 0 Å². The Bertz CT molecular complexity index is 261. The van der Waals surface area contributed by atoms with Crippen molar-refractivity contribution < 1.29 is 5.11 Å². The van der Waals surface area contributed by atoms with Crippen molar-refractivity contribution in [3.63, 3.8) is 0 Å². The van der Waals surface area contributed by atoms with Gasteiger partial charge in [0.1, 0.15) is 0 Å². The predicted octanol–water partition coefficient (Wildman–Crippen LogP) is 1.86. The van der Waals surface area contributed by atoms with Gasteiger partial charge in [-0.2, -0.15) is 0 Å². The largest absolute Gasteiger partial charge is 0.394 e. The molecule has 2 aliphatic carbocycles. The van der Waals surface area contributed by atoms with Gasteiger partial charge in [-0.05, 0) is 44.1 Å². The molecule has 2 N–H and O–H groups in total. The first-order valence-electron chi connectivity index (χ1n) is 7.70. The fourth-order valence-corrected chi connectivity index (χ4v) is 3.01. The van der Waals surface area contributed by atoms with Crippen molar-refractivity contribution in [2.45, 2.75) is 58.0 Å². The molecule has 3 nitrogen and oxygen atoms in total. The average Bonchev–Trinajstić information content (AvgIpc) is 3.17. The molecule has 0 saturated heterocycles. The number of likely N-dealkylation sites (N-methyl/N-ethyl adjacent to an activating group) is 1. The van der Waals surface area contributed by atoms with Gasteiger partial charge in [-0.1, -0.05) is 20.8 Å². The van der Waals surface area contributed by atoms with Gasteiger partial charge in [0, 0.05) is 19.1 Å². The molecule has 0 radical (unpaired) electrons. The predicted molar refractivity (Wildman–Crippen MR) is 75.7 cm³/mol. The molecule has 18 heavy (non-hydrogen) atoms. The molecule has 0 aromatic heterocycles. The number of hydrogen-bond donors (Lipinski definition) is 2. The van der Waals surface area contributed by atoms with Crippen molar-refractivity contribution in [2.24, 2.45) is 11.8 Å². The molecule has 0 spiro atoms. The maximum Gasteiger partial charge on any atom is 0.0628 e. The van der Waals surface area contributed by atoms with Crippen LogP contribution in [-0.4, -0.2) is 47.8 Å². The first-order valence-corrected chi connectivity index (χ1v) is 7.70. The number of nitrogens with zero attached hydrogens (tertiary/aromatic N) is 1. The summed E-state index contributed by atoms with van der Waals surface area (Å²) in [7, 11) is 0. The topological polar surface area (TPSA) is 35.5 Å². The van der Waals surface area contributed by atoms with E-state index in [1.54, 1.807) is 0 Å². The van der Waals surface area contributed by atoms with Crippen LogP contribution in [0.3, 0.4) is 0 Å². The fraction of sp³-hybridized carbons (Fsp3) is 1.00. The Balaban J connectivity index is 1.97. The summed E-state index contributed by atoms with van der Waals surface area (Å²) in [5.41, 5.74) is -0.0218. The van der Waals surface area contributed by atoms with Gasteiger partial charge < -0.3 is 15.3 Å². The third kappa shape index (κ3) is 3.69. The van der Waals surface area contributed by atoms with E-state index in [0.29, 0.717) is 24.5 Å². The van der Waals surface area contributed by atoms with Gasteiger partial charge in [-0.15, -0.1) is 0 Å². The SMILES string of the molecule is CCN(CC(C)C)CC(CO)(NC1CC1)C1CC1. The second kappa shape index (κ2) is 5.89. The zero-order chi connectivity index (χ0) is 13.2. The molecule has 2 fully saturated rings. The Kier molecular flexibility index (Phi) is 4.68. The van der Waals surface area contributed by atoms with Gasteiger partial charge in [0.25, 0.3) is 0 Å². The summed E-state index contributed by atoms with van der Waals surface area (Å²) >= 11 is 0. The molecule has 3 heteroatoms. The number of aliphatic hydroxyl groups excluding tert-OH is 1. The van der Waals surface area contributed by atoms with Crippen molar-refractivity contribution in [3.05, 3.63) is 0 Å². The van der Waals surface area contributed by atoms with Crippen LogP contribution >= 0.6 is 0 Å². The molecule has 2 aliphatic rings. The molecule has 0 amide bonds. The van der Waals surface area contributed by atoms with E-state index in [-0.39, 0.29) is 5.54 Å². The molecule has 1 atom stereocenters. The summed E-state index contributed by atoms with van der Waals surface area (Å²) in [6.45, 7) is 10.3. The highest BCUT2D eigenvalue weighted by Gasteiger charge is 2.47. The van der Waals surface area contributed by atoms with Gasteiger partial charge in [-0.25, -0.2) is 0 Å². The van der Waals surface area contributed by atoms with Gasteiger partial charge in [0.15, 0.2) is 0 Å². The molecule has 106 valence electrons. The molecule has 0 heterocycles.